The van der Waals surface area contributed by atoms with E-state index in [0.717, 1.165) is 43.6 Å². The zero-order valence-electron chi connectivity index (χ0n) is 13.1. The van der Waals surface area contributed by atoms with Crippen molar-refractivity contribution in [2.45, 2.75) is 53.0 Å². The Bertz CT molecular complexity index is 617. The van der Waals surface area contributed by atoms with Crippen LogP contribution in [0.4, 0.5) is 10.2 Å². The summed E-state index contributed by atoms with van der Waals surface area (Å²) in [6.45, 7) is 6.91. The molecule has 114 valence electrons. The fourth-order valence-corrected chi connectivity index (χ4v) is 2.45. The smallest absolute Gasteiger partial charge is 0.131 e. The van der Waals surface area contributed by atoms with Crippen molar-refractivity contribution < 1.29 is 4.39 Å². The van der Waals surface area contributed by atoms with Crippen LogP contribution in [0, 0.1) is 12.7 Å². The van der Waals surface area contributed by atoms with Crippen molar-refractivity contribution in [3.05, 3.63) is 35.4 Å². The Morgan fingerprint density at radius 3 is 2.62 bits per heavy atom. The maximum absolute atomic E-state index is 13.8. The molecule has 1 aromatic carbocycles. The number of nitrogen functional groups attached to an aromatic ring is 1. The largest absolute Gasteiger partial charge is 0.383 e. The zero-order valence-corrected chi connectivity index (χ0v) is 13.1. The lowest BCUT2D eigenvalue weighted by Crippen LogP contribution is -2.07. The van der Waals surface area contributed by atoms with Gasteiger partial charge in [0.1, 0.15) is 23.2 Å². The number of aryl methyl sites for hydroxylation is 2. The molecule has 1 heterocycles. The van der Waals surface area contributed by atoms with Crippen LogP contribution in [0.25, 0.3) is 11.3 Å². The van der Waals surface area contributed by atoms with Crippen LogP contribution in [-0.4, -0.2) is 9.55 Å². The molecule has 2 aromatic rings. The quantitative estimate of drug-likeness (QED) is 0.860. The molecule has 0 amide bonds. The van der Waals surface area contributed by atoms with E-state index in [4.69, 9.17) is 5.73 Å². The minimum atomic E-state index is -0.216. The van der Waals surface area contributed by atoms with Crippen LogP contribution in [0.1, 0.15) is 44.5 Å². The molecule has 0 saturated carbocycles. The van der Waals surface area contributed by atoms with Gasteiger partial charge in [-0.05, 0) is 31.4 Å². The number of nitrogens with two attached hydrogens (primary N) is 1. The summed E-state index contributed by atoms with van der Waals surface area (Å²) >= 11 is 0. The highest BCUT2D eigenvalue weighted by Crippen LogP contribution is 2.28. The van der Waals surface area contributed by atoms with Crippen LogP contribution in [-0.2, 0) is 13.0 Å². The first-order valence-electron chi connectivity index (χ1n) is 7.69. The third kappa shape index (κ3) is 3.26. The molecule has 0 aliphatic rings. The van der Waals surface area contributed by atoms with Gasteiger partial charge in [-0.1, -0.05) is 32.4 Å². The number of aromatic nitrogens is 2. The number of hydrogen-bond donors (Lipinski definition) is 1. The van der Waals surface area contributed by atoms with E-state index in [0.29, 0.717) is 17.1 Å². The average Bonchev–Trinajstić information content (AvgIpc) is 2.77. The summed E-state index contributed by atoms with van der Waals surface area (Å²) in [5, 5.41) is 0. The van der Waals surface area contributed by atoms with Crippen LogP contribution < -0.4 is 5.73 Å². The number of halogens is 1. The molecule has 0 bridgehead atoms. The number of nitrogens with zero attached hydrogens (tertiary/aromatic N) is 2. The summed E-state index contributed by atoms with van der Waals surface area (Å²) in [6, 6.07) is 5.18. The normalized spacial score (nSPS) is 11.0. The van der Waals surface area contributed by atoms with Crippen LogP contribution >= 0.6 is 0 Å². The first-order chi connectivity index (χ1) is 10.1. The number of hydrogen-bond acceptors (Lipinski definition) is 2. The van der Waals surface area contributed by atoms with Crippen molar-refractivity contribution in [3.63, 3.8) is 0 Å². The summed E-state index contributed by atoms with van der Waals surface area (Å²) in [4.78, 5) is 4.66. The highest BCUT2D eigenvalue weighted by atomic mass is 19.1. The van der Waals surface area contributed by atoms with Gasteiger partial charge in [-0.3, -0.25) is 0 Å². The topological polar surface area (TPSA) is 43.8 Å². The van der Waals surface area contributed by atoms with Crippen molar-refractivity contribution in [2.24, 2.45) is 0 Å². The highest BCUT2D eigenvalue weighted by Gasteiger charge is 2.16. The molecule has 0 aliphatic heterocycles. The van der Waals surface area contributed by atoms with Gasteiger partial charge in [0, 0.05) is 18.5 Å². The zero-order chi connectivity index (χ0) is 15.4. The van der Waals surface area contributed by atoms with Crippen LogP contribution in [0.15, 0.2) is 18.2 Å². The molecule has 1 aromatic heterocycles. The second-order valence-corrected chi connectivity index (χ2v) is 5.48. The van der Waals surface area contributed by atoms with Gasteiger partial charge in [-0.2, -0.15) is 0 Å². The lowest BCUT2D eigenvalue weighted by Gasteiger charge is -2.08. The number of unbranched alkanes of at least 4 members (excludes halogenated alkanes) is 1. The van der Waals surface area contributed by atoms with E-state index in [1.807, 2.05) is 6.07 Å². The fraction of sp³-hybridized carbons (Fsp3) is 0.471. The van der Waals surface area contributed by atoms with Gasteiger partial charge in [0.05, 0.1) is 0 Å². The van der Waals surface area contributed by atoms with E-state index in [1.54, 1.807) is 13.0 Å². The van der Waals surface area contributed by atoms with E-state index in [1.165, 1.54) is 6.07 Å². The standard InChI is InChI=1S/C17H24FN3/c1-4-6-10-21-15(7-5-2)20-16(17(21)19)13-9-8-12(3)14(18)11-13/h8-9,11H,4-7,10,19H2,1-3H3. The predicted molar refractivity (Wildman–Crippen MR) is 85.7 cm³/mol. The van der Waals surface area contributed by atoms with Crippen molar-refractivity contribution in [3.8, 4) is 11.3 Å². The molecule has 0 radical (unpaired) electrons. The first-order valence-corrected chi connectivity index (χ1v) is 7.69. The lowest BCUT2D eigenvalue weighted by molar-refractivity contribution is 0.604. The minimum absolute atomic E-state index is 0.216. The first kappa shape index (κ1) is 15.5. The van der Waals surface area contributed by atoms with E-state index >= 15 is 0 Å². The third-order valence-corrected chi connectivity index (χ3v) is 3.74. The van der Waals surface area contributed by atoms with Gasteiger partial charge in [-0.25, -0.2) is 9.37 Å². The highest BCUT2D eigenvalue weighted by molar-refractivity contribution is 5.71. The molecule has 0 spiro atoms. The Balaban J connectivity index is 2.45. The van der Waals surface area contributed by atoms with E-state index in [-0.39, 0.29) is 5.82 Å². The second kappa shape index (κ2) is 6.74. The summed E-state index contributed by atoms with van der Waals surface area (Å²) in [5.41, 5.74) is 8.36. The molecule has 0 atom stereocenters. The predicted octanol–water partition coefficient (Wildman–Crippen LogP) is 4.33. The van der Waals surface area contributed by atoms with Gasteiger partial charge in [0.25, 0.3) is 0 Å². The molecular formula is C17H24FN3. The Kier molecular flexibility index (Phi) is 4.99. The van der Waals surface area contributed by atoms with Crippen molar-refractivity contribution in [2.75, 3.05) is 5.73 Å². The van der Waals surface area contributed by atoms with Crippen LogP contribution in [0.2, 0.25) is 0 Å². The van der Waals surface area contributed by atoms with Crippen LogP contribution in [0.3, 0.4) is 0 Å². The summed E-state index contributed by atoms with van der Waals surface area (Å²) in [6.07, 6.45) is 4.09. The Morgan fingerprint density at radius 2 is 2.00 bits per heavy atom. The van der Waals surface area contributed by atoms with Gasteiger partial charge in [0.15, 0.2) is 0 Å². The Morgan fingerprint density at radius 1 is 1.24 bits per heavy atom. The fourth-order valence-electron chi connectivity index (χ4n) is 2.45. The molecule has 4 heteroatoms. The minimum Gasteiger partial charge on any atom is -0.383 e. The molecule has 0 fully saturated rings. The summed E-state index contributed by atoms with van der Waals surface area (Å²) in [7, 11) is 0. The van der Waals surface area contributed by atoms with Gasteiger partial charge in [0.2, 0.25) is 0 Å². The molecule has 2 N–H and O–H groups in total. The van der Waals surface area contributed by atoms with Crippen molar-refractivity contribution in [1.82, 2.24) is 9.55 Å². The monoisotopic (exact) mass is 289 g/mol. The molecule has 2 rings (SSSR count). The molecule has 21 heavy (non-hydrogen) atoms. The maximum atomic E-state index is 13.8. The van der Waals surface area contributed by atoms with E-state index in [9.17, 15) is 4.39 Å². The maximum Gasteiger partial charge on any atom is 0.131 e. The number of anilines is 1. The van der Waals surface area contributed by atoms with Gasteiger partial charge < -0.3 is 10.3 Å². The number of rotatable bonds is 6. The van der Waals surface area contributed by atoms with Crippen LogP contribution in [0.5, 0.6) is 0 Å². The van der Waals surface area contributed by atoms with Gasteiger partial charge in [-0.15, -0.1) is 0 Å². The third-order valence-electron chi connectivity index (χ3n) is 3.74. The summed E-state index contributed by atoms with van der Waals surface area (Å²) < 4.78 is 15.9. The van der Waals surface area contributed by atoms with E-state index in [2.05, 4.69) is 23.4 Å². The Hall–Kier alpha value is -1.84. The molecule has 0 saturated heterocycles. The van der Waals surface area contributed by atoms with Gasteiger partial charge >= 0.3 is 0 Å². The summed E-state index contributed by atoms with van der Waals surface area (Å²) in [5.74, 6) is 1.43. The number of benzene rings is 1. The number of imidazole rings is 1. The molecule has 3 nitrogen and oxygen atoms in total. The van der Waals surface area contributed by atoms with Crippen molar-refractivity contribution >= 4 is 5.82 Å². The SMILES string of the molecule is CCCCn1c(CCC)nc(-c2ccc(C)c(F)c2)c1N. The lowest BCUT2D eigenvalue weighted by atomic mass is 10.1. The Labute approximate surface area is 126 Å². The average molecular weight is 289 g/mol. The van der Waals surface area contributed by atoms with Crippen molar-refractivity contribution in [1.29, 1.82) is 0 Å². The molecule has 0 unspecified atom stereocenters. The second-order valence-electron chi connectivity index (χ2n) is 5.48. The molecular weight excluding hydrogens is 265 g/mol. The van der Waals surface area contributed by atoms with E-state index < -0.39 is 0 Å². The molecule has 0 aliphatic carbocycles.